The van der Waals surface area contributed by atoms with Gasteiger partial charge in [0.1, 0.15) is 0 Å². The fourth-order valence-electron chi connectivity index (χ4n) is 3.63. The predicted octanol–water partition coefficient (Wildman–Crippen LogP) is 1.30. The summed E-state index contributed by atoms with van der Waals surface area (Å²) in [4.78, 5) is 34.8. The summed E-state index contributed by atoms with van der Waals surface area (Å²) in [6.45, 7) is 0. The lowest BCUT2D eigenvalue weighted by Crippen LogP contribution is -2.43. The van der Waals surface area contributed by atoms with E-state index in [0.29, 0.717) is 25.7 Å². The van der Waals surface area contributed by atoms with Crippen LogP contribution in [-0.2, 0) is 14.4 Å². The van der Waals surface area contributed by atoms with Crippen LogP contribution in [-0.4, -0.2) is 36.0 Å². The first-order valence-corrected chi connectivity index (χ1v) is 8.26. The zero-order valence-electron chi connectivity index (χ0n) is 13.1. The first kappa shape index (κ1) is 16.8. The second-order valence-electron chi connectivity index (χ2n) is 6.56. The average molecular weight is 310 g/mol. The molecule has 124 valence electrons. The Bertz CT molecular complexity index is 422. The summed E-state index contributed by atoms with van der Waals surface area (Å²) in [5, 5.41) is 14.8. The van der Waals surface area contributed by atoms with Crippen LogP contribution in [0.15, 0.2) is 0 Å². The zero-order chi connectivity index (χ0) is 16.1. The van der Waals surface area contributed by atoms with Crippen molar-refractivity contribution in [3.63, 3.8) is 0 Å². The van der Waals surface area contributed by atoms with E-state index in [1.165, 1.54) is 0 Å². The van der Waals surface area contributed by atoms with Gasteiger partial charge >= 0.3 is 5.97 Å². The quantitative estimate of drug-likeness (QED) is 0.729. The molecule has 0 radical (unpaired) electrons. The lowest BCUT2D eigenvalue weighted by Gasteiger charge is -2.31. The van der Waals surface area contributed by atoms with Crippen molar-refractivity contribution in [2.75, 3.05) is 7.05 Å². The summed E-state index contributed by atoms with van der Waals surface area (Å²) in [6.07, 6.45) is 5.83. The Labute approximate surface area is 131 Å². The van der Waals surface area contributed by atoms with Crippen molar-refractivity contribution in [1.82, 2.24) is 10.6 Å². The number of carbonyl (C=O) groups is 3. The van der Waals surface area contributed by atoms with Gasteiger partial charge in [-0.15, -0.1) is 0 Å². The molecule has 0 unspecified atom stereocenters. The maximum absolute atomic E-state index is 12.3. The molecule has 2 amide bonds. The molecule has 6 heteroatoms. The molecular weight excluding hydrogens is 284 g/mol. The van der Waals surface area contributed by atoms with Gasteiger partial charge in [0, 0.05) is 24.9 Å². The fourth-order valence-corrected chi connectivity index (χ4v) is 3.63. The van der Waals surface area contributed by atoms with E-state index >= 15 is 0 Å². The summed E-state index contributed by atoms with van der Waals surface area (Å²) in [5.74, 6) is -0.848. The molecule has 0 atom stereocenters. The van der Waals surface area contributed by atoms with Crippen LogP contribution in [0, 0.1) is 17.8 Å². The summed E-state index contributed by atoms with van der Waals surface area (Å²) >= 11 is 0. The van der Waals surface area contributed by atoms with E-state index in [4.69, 9.17) is 5.11 Å². The van der Waals surface area contributed by atoms with Crippen LogP contribution in [0.5, 0.6) is 0 Å². The molecule has 22 heavy (non-hydrogen) atoms. The molecule has 0 aliphatic heterocycles. The maximum atomic E-state index is 12.3. The van der Waals surface area contributed by atoms with Crippen molar-refractivity contribution in [3.05, 3.63) is 0 Å². The van der Waals surface area contributed by atoms with Crippen molar-refractivity contribution in [1.29, 1.82) is 0 Å². The Morgan fingerprint density at radius 2 is 1.23 bits per heavy atom. The van der Waals surface area contributed by atoms with E-state index in [9.17, 15) is 14.4 Å². The van der Waals surface area contributed by atoms with E-state index in [1.807, 2.05) is 0 Å². The number of aliphatic carboxylic acids is 1. The number of hydrogen-bond acceptors (Lipinski definition) is 3. The highest BCUT2D eigenvalue weighted by Gasteiger charge is 2.32. The lowest BCUT2D eigenvalue weighted by atomic mass is 9.81. The van der Waals surface area contributed by atoms with E-state index in [1.54, 1.807) is 7.05 Å². The zero-order valence-corrected chi connectivity index (χ0v) is 13.1. The number of nitrogens with one attached hydrogen (secondary N) is 2. The maximum Gasteiger partial charge on any atom is 0.306 e. The fraction of sp³-hybridized carbons (Fsp3) is 0.812. The Morgan fingerprint density at radius 1 is 0.773 bits per heavy atom. The lowest BCUT2D eigenvalue weighted by molar-refractivity contribution is -0.144. The van der Waals surface area contributed by atoms with Crippen molar-refractivity contribution < 1.29 is 19.5 Å². The SMILES string of the molecule is CNC(=O)C1CCC(NC(=O)C2CCC(C(=O)O)CC2)CC1. The van der Waals surface area contributed by atoms with Crippen molar-refractivity contribution >= 4 is 17.8 Å². The summed E-state index contributed by atoms with van der Waals surface area (Å²) in [7, 11) is 1.66. The van der Waals surface area contributed by atoms with E-state index in [0.717, 1.165) is 25.7 Å². The molecule has 2 fully saturated rings. The molecule has 0 aromatic carbocycles. The molecule has 2 rings (SSSR count). The molecule has 0 saturated heterocycles. The topological polar surface area (TPSA) is 95.5 Å². The van der Waals surface area contributed by atoms with Gasteiger partial charge in [0.05, 0.1) is 5.92 Å². The van der Waals surface area contributed by atoms with E-state index in [2.05, 4.69) is 10.6 Å². The molecular formula is C16H26N2O4. The third-order valence-corrected chi connectivity index (χ3v) is 5.14. The standard InChI is InChI=1S/C16H26N2O4/c1-17-14(19)10-6-8-13(9-7-10)18-15(20)11-2-4-12(5-3-11)16(21)22/h10-13H,2-9H2,1H3,(H,17,19)(H,18,20)(H,21,22). The molecule has 0 aromatic rings. The Balaban J connectivity index is 1.72. The molecule has 0 heterocycles. The first-order chi connectivity index (χ1) is 10.5. The van der Waals surface area contributed by atoms with Gasteiger partial charge in [-0.05, 0) is 51.4 Å². The van der Waals surface area contributed by atoms with Gasteiger partial charge in [0.2, 0.25) is 11.8 Å². The first-order valence-electron chi connectivity index (χ1n) is 8.26. The number of hydrogen-bond donors (Lipinski definition) is 3. The molecule has 0 spiro atoms. The summed E-state index contributed by atoms with van der Waals surface area (Å²) in [5.41, 5.74) is 0. The monoisotopic (exact) mass is 310 g/mol. The Hall–Kier alpha value is -1.59. The number of rotatable bonds is 4. The number of carboxylic acids is 1. The minimum absolute atomic E-state index is 0.0488. The third kappa shape index (κ3) is 4.21. The van der Waals surface area contributed by atoms with Gasteiger partial charge in [0.15, 0.2) is 0 Å². The smallest absolute Gasteiger partial charge is 0.306 e. The molecule has 6 nitrogen and oxygen atoms in total. The van der Waals surface area contributed by atoms with Crippen LogP contribution in [0.3, 0.4) is 0 Å². The van der Waals surface area contributed by atoms with Gasteiger partial charge in [-0.2, -0.15) is 0 Å². The highest BCUT2D eigenvalue weighted by Crippen LogP contribution is 2.30. The van der Waals surface area contributed by atoms with Gasteiger partial charge in [-0.25, -0.2) is 0 Å². The molecule has 2 saturated carbocycles. The van der Waals surface area contributed by atoms with Gasteiger partial charge in [0.25, 0.3) is 0 Å². The molecule has 2 aliphatic carbocycles. The van der Waals surface area contributed by atoms with Crippen LogP contribution in [0.1, 0.15) is 51.4 Å². The normalized spacial score (nSPS) is 32.0. The molecule has 0 bridgehead atoms. The van der Waals surface area contributed by atoms with Crippen LogP contribution in [0.25, 0.3) is 0 Å². The van der Waals surface area contributed by atoms with Crippen molar-refractivity contribution in [2.24, 2.45) is 17.8 Å². The van der Waals surface area contributed by atoms with Crippen LogP contribution in [0.4, 0.5) is 0 Å². The molecule has 0 aromatic heterocycles. The van der Waals surface area contributed by atoms with E-state index in [-0.39, 0.29) is 35.6 Å². The van der Waals surface area contributed by atoms with Gasteiger partial charge in [-0.3, -0.25) is 14.4 Å². The third-order valence-electron chi connectivity index (χ3n) is 5.14. The number of amides is 2. The molecule has 3 N–H and O–H groups in total. The van der Waals surface area contributed by atoms with Crippen LogP contribution >= 0.6 is 0 Å². The predicted molar refractivity (Wildman–Crippen MR) is 81.0 cm³/mol. The largest absolute Gasteiger partial charge is 0.481 e. The molecule has 2 aliphatic rings. The Kier molecular flexibility index (Phi) is 5.80. The minimum Gasteiger partial charge on any atom is -0.481 e. The highest BCUT2D eigenvalue weighted by molar-refractivity contribution is 5.80. The summed E-state index contributed by atoms with van der Waals surface area (Å²) in [6, 6.07) is 0.158. The van der Waals surface area contributed by atoms with Crippen molar-refractivity contribution in [3.8, 4) is 0 Å². The number of carbonyl (C=O) groups excluding carboxylic acids is 2. The van der Waals surface area contributed by atoms with Crippen molar-refractivity contribution in [2.45, 2.75) is 57.4 Å². The second kappa shape index (κ2) is 7.61. The minimum atomic E-state index is -0.744. The highest BCUT2D eigenvalue weighted by atomic mass is 16.4. The average Bonchev–Trinajstić information content (AvgIpc) is 2.54. The Morgan fingerprint density at radius 3 is 1.73 bits per heavy atom. The second-order valence-corrected chi connectivity index (χ2v) is 6.56. The van der Waals surface area contributed by atoms with E-state index < -0.39 is 5.97 Å². The number of carboxylic acid groups (broad SMARTS) is 1. The van der Waals surface area contributed by atoms with Crippen LogP contribution in [0.2, 0.25) is 0 Å². The van der Waals surface area contributed by atoms with Gasteiger partial charge in [-0.1, -0.05) is 0 Å². The van der Waals surface area contributed by atoms with Gasteiger partial charge < -0.3 is 15.7 Å². The van der Waals surface area contributed by atoms with Crippen LogP contribution < -0.4 is 10.6 Å². The summed E-state index contributed by atoms with van der Waals surface area (Å²) < 4.78 is 0.